The largest absolute Gasteiger partial charge is 0.303 e. The Bertz CT molecular complexity index is 626. The molecule has 0 aliphatic carbocycles. The molecule has 0 bridgehead atoms. The lowest BCUT2D eigenvalue weighted by Gasteiger charge is -2.36. The van der Waals surface area contributed by atoms with Crippen molar-refractivity contribution >= 4 is 18.2 Å². The number of carbonyl (C=O) groups excluding carboxylic acids is 1. The maximum atomic E-state index is 13.3. The topological polar surface area (TPSA) is 20.3 Å². The van der Waals surface area contributed by atoms with E-state index in [0.717, 1.165) is 24.1 Å². The predicted molar refractivity (Wildman–Crippen MR) is 111 cm³/mol. The van der Waals surface area contributed by atoms with E-state index in [9.17, 15) is 4.79 Å². The van der Waals surface area contributed by atoms with Crippen LogP contribution in [0, 0.1) is 0 Å². The summed E-state index contributed by atoms with van der Waals surface area (Å²) in [6.07, 6.45) is 5.32. The van der Waals surface area contributed by atoms with Gasteiger partial charge in [0.15, 0.2) is 0 Å². The molecule has 140 valence electrons. The molecule has 0 atom stereocenters. The molecule has 0 N–H and O–H groups in total. The fourth-order valence-corrected chi connectivity index (χ4v) is 4.17. The summed E-state index contributed by atoms with van der Waals surface area (Å²) in [5.74, 6) is 0.321. The van der Waals surface area contributed by atoms with Gasteiger partial charge < -0.3 is 4.90 Å². The average molecular weight is 372 g/mol. The summed E-state index contributed by atoms with van der Waals surface area (Å²) in [7, 11) is 0. The predicted octanol–water partition coefficient (Wildman–Crippen LogP) is 5.25. The number of hydrogen-bond donors (Lipinski definition) is 0. The summed E-state index contributed by atoms with van der Waals surface area (Å²) < 4.78 is 0. The minimum atomic E-state index is -0.533. The molecule has 3 rings (SSSR count). The molecule has 0 unspecified atom stereocenters. The summed E-state index contributed by atoms with van der Waals surface area (Å²) in [5, 5.41) is 0. The molecule has 1 fully saturated rings. The van der Waals surface area contributed by atoms with Crippen LogP contribution in [0.15, 0.2) is 60.7 Å². The summed E-state index contributed by atoms with van der Waals surface area (Å²) in [6.45, 7) is 5.30. The molecule has 2 nitrogen and oxygen atoms in total. The van der Waals surface area contributed by atoms with E-state index in [0.29, 0.717) is 12.2 Å². The number of piperidine rings is 1. The molecule has 1 aliphatic heterocycles. The van der Waals surface area contributed by atoms with E-state index in [1.165, 1.54) is 32.4 Å². The van der Waals surface area contributed by atoms with Gasteiger partial charge in [0.2, 0.25) is 0 Å². The van der Waals surface area contributed by atoms with E-state index < -0.39 is 5.41 Å². The quantitative estimate of drug-likeness (QED) is 0.662. The normalized spacial score (nSPS) is 15.3. The second-order valence-corrected chi connectivity index (χ2v) is 7.07. The first kappa shape index (κ1) is 20.7. The van der Waals surface area contributed by atoms with Crippen molar-refractivity contribution in [3.8, 4) is 0 Å². The number of halogens is 1. The monoisotopic (exact) mass is 371 g/mol. The van der Waals surface area contributed by atoms with Crippen molar-refractivity contribution in [3.63, 3.8) is 0 Å². The highest BCUT2D eigenvalue weighted by molar-refractivity contribution is 5.93. The molecule has 0 radical (unpaired) electrons. The van der Waals surface area contributed by atoms with Gasteiger partial charge in [-0.3, -0.25) is 4.79 Å². The number of ketones is 1. The van der Waals surface area contributed by atoms with E-state index in [2.05, 4.69) is 53.4 Å². The molecule has 0 amide bonds. The smallest absolute Gasteiger partial charge is 0.147 e. The van der Waals surface area contributed by atoms with E-state index >= 15 is 0 Å². The molecule has 2 aromatic rings. The lowest BCUT2D eigenvalue weighted by atomic mass is 9.68. The first-order chi connectivity index (χ1) is 12.3. The Labute approximate surface area is 164 Å². The van der Waals surface area contributed by atoms with Crippen molar-refractivity contribution < 1.29 is 4.79 Å². The Balaban J connectivity index is 0.00000243. The van der Waals surface area contributed by atoms with Gasteiger partial charge >= 0.3 is 0 Å². The van der Waals surface area contributed by atoms with Crippen LogP contribution in [0.2, 0.25) is 0 Å². The van der Waals surface area contributed by atoms with Crippen LogP contribution in [0.25, 0.3) is 0 Å². The Morgan fingerprint density at radius 2 is 1.38 bits per heavy atom. The van der Waals surface area contributed by atoms with Gasteiger partial charge in [-0.05, 0) is 50.0 Å². The SMILES string of the molecule is CCC(=O)C(CCN1CCCCC1)(c1ccccc1)c1ccccc1.Cl. The number of carbonyl (C=O) groups is 1. The van der Waals surface area contributed by atoms with Crippen LogP contribution in [-0.4, -0.2) is 30.3 Å². The van der Waals surface area contributed by atoms with Gasteiger partial charge in [-0.1, -0.05) is 74.0 Å². The molecule has 1 saturated heterocycles. The van der Waals surface area contributed by atoms with Crippen LogP contribution in [0.4, 0.5) is 0 Å². The highest BCUT2D eigenvalue weighted by Gasteiger charge is 2.40. The molecule has 0 aromatic heterocycles. The van der Waals surface area contributed by atoms with Crippen LogP contribution >= 0.6 is 12.4 Å². The van der Waals surface area contributed by atoms with E-state index in [1.807, 2.05) is 19.1 Å². The van der Waals surface area contributed by atoms with Crippen LogP contribution in [-0.2, 0) is 10.2 Å². The second kappa shape index (κ2) is 9.89. The minimum Gasteiger partial charge on any atom is -0.303 e. The van der Waals surface area contributed by atoms with Gasteiger partial charge in [0.25, 0.3) is 0 Å². The number of likely N-dealkylation sites (tertiary alicyclic amines) is 1. The molecule has 0 saturated carbocycles. The van der Waals surface area contributed by atoms with E-state index in [1.54, 1.807) is 0 Å². The standard InChI is InChI=1S/C23H29NO.ClH/c1-2-22(25)23(20-12-6-3-7-13-20,21-14-8-4-9-15-21)16-19-24-17-10-5-11-18-24;/h3-4,6-9,12-15H,2,5,10-11,16-19H2,1H3;1H. The molecule has 1 aliphatic rings. The Hall–Kier alpha value is -1.64. The fourth-order valence-electron chi connectivity index (χ4n) is 4.17. The summed E-state index contributed by atoms with van der Waals surface area (Å²) in [5.41, 5.74) is 1.73. The third-order valence-corrected chi connectivity index (χ3v) is 5.58. The third-order valence-electron chi connectivity index (χ3n) is 5.58. The number of benzene rings is 2. The van der Waals surface area contributed by atoms with Crippen molar-refractivity contribution in [2.45, 2.75) is 44.4 Å². The Morgan fingerprint density at radius 1 is 0.885 bits per heavy atom. The van der Waals surface area contributed by atoms with Gasteiger partial charge in [0.05, 0.1) is 5.41 Å². The first-order valence-electron chi connectivity index (χ1n) is 9.64. The first-order valence-corrected chi connectivity index (χ1v) is 9.64. The Morgan fingerprint density at radius 3 is 1.85 bits per heavy atom. The number of hydrogen-bond acceptors (Lipinski definition) is 2. The van der Waals surface area contributed by atoms with Gasteiger partial charge in [0.1, 0.15) is 5.78 Å². The third kappa shape index (κ3) is 4.36. The van der Waals surface area contributed by atoms with Crippen LogP contribution in [0.1, 0.15) is 50.2 Å². The number of nitrogens with zero attached hydrogens (tertiary/aromatic N) is 1. The highest BCUT2D eigenvalue weighted by Crippen LogP contribution is 2.38. The fraction of sp³-hybridized carbons (Fsp3) is 0.435. The zero-order chi connectivity index (χ0) is 17.5. The minimum absolute atomic E-state index is 0. The summed E-state index contributed by atoms with van der Waals surface area (Å²) in [6, 6.07) is 20.8. The number of rotatable bonds is 7. The molecule has 1 heterocycles. The van der Waals surface area contributed by atoms with Gasteiger partial charge in [-0.2, -0.15) is 0 Å². The zero-order valence-electron chi connectivity index (χ0n) is 15.7. The highest BCUT2D eigenvalue weighted by atomic mass is 35.5. The zero-order valence-corrected chi connectivity index (χ0v) is 16.5. The van der Waals surface area contributed by atoms with Crippen LogP contribution < -0.4 is 0 Å². The second-order valence-electron chi connectivity index (χ2n) is 7.07. The maximum Gasteiger partial charge on any atom is 0.147 e. The maximum absolute atomic E-state index is 13.3. The van der Waals surface area contributed by atoms with Crippen molar-refractivity contribution in [1.29, 1.82) is 0 Å². The van der Waals surface area contributed by atoms with E-state index in [4.69, 9.17) is 0 Å². The average Bonchev–Trinajstić information content (AvgIpc) is 2.70. The van der Waals surface area contributed by atoms with Crippen molar-refractivity contribution in [1.82, 2.24) is 4.90 Å². The molecular formula is C23H30ClNO. The summed E-state index contributed by atoms with van der Waals surface area (Å²) >= 11 is 0. The lowest BCUT2D eigenvalue weighted by molar-refractivity contribution is -0.123. The van der Waals surface area contributed by atoms with Crippen molar-refractivity contribution in [2.75, 3.05) is 19.6 Å². The molecule has 2 aromatic carbocycles. The van der Waals surface area contributed by atoms with Crippen LogP contribution in [0.5, 0.6) is 0 Å². The van der Waals surface area contributed by atoms with E-state index in [-0.39, 0.29) is 12.4 Å². The molecule has 3 heteroatoms. The number of Topliss-reactive ketones (excluding diaryl/α,β-unsaturated/α-hetero) is 1. The van der Waals surface area contributed by atoms with Crippen molar-refractivity contribution in [2.24, 2.45) is 0 Å². The van der Waals surface area contributed by atoms with Gasteiger partial charge in [-0.25, -0.2) is 0 Å². The molecule has 26 heavy (non-hydrogen) atoms. The molecule has 0 spiro atoms. The van der Waals surface area contributed by atoms with Crippen molar-refractivity contribution in [3.05, 3.63) is 71.8 Å². The van der Waals surface area contributed by atoms with Crippen LogP contribution in [0.3, 0.4) is 0 Å². The lowest BCUT2D eigenvalue weighted by Crippen LogP contribution is -2.41. The van der Waals surface area contributed by atoms with Gasteiger partial charge in [0, 0.05) is 6.42 Å². The summed E-state index contributed by atoms with van der Waals surface area (Å²) in [4.78, 5) is 15.8. The Kier molecular flexibility index (Phi) is 7.86. The molecular weight excluding hydrogens is 342 g/mol. The van der Waals surface area contributed by atoms with Gasteiger partial charge in [-0.15, -0.1) is 12.4 Å².